The molecule has 1 heterocycles. The highest BCUT2D eigenvalue weighted by Gasteiger charge is 2.33. The molecule has 1 atom stereocenters. The molecule has 2 aromatic carbocycles. The summed E-state index contributed by atoms with van der Waals surface area (Å²) in [6.45, 7) is 1.85. The number of rotatable bonds is 3. The average Bonchev–Trinajstić information content (AvgIpc) is 2.81. The van der Waals surface area contributed by atoms with Crippen LogP contribution in [0.15, 0.2) is 64.7 Å². The van der Waals surface area contributed by atoms with Gasteiger partial charge in [-0.05, 0) is 59.8 Å². The van der Waals surface area contributed by atoms with Crippen molar-refractivity contribution in [3.05, 3.63) is 58.2 Å². The number of benzene rings is 2. The predicted octanol–water partition coefficient (Wildman–Crippen LogP) is 4.03. The lowest BCUT2D eigenvalue weighted by atomic mass is 10.1. The van der Waals surface area contributed by atoms with Gasteiger partial charge in [0, 0.05) is 9.78 Å². The largest absolute Gasteiger partial charge is 0.271 e. The third-order valence-electron chi connectivity index (χ3n) is 3.36. The first-order chi connectivity index (χ1) is 10.6. The Labute approximate surface area is 142 Å². The van der Waals surface area contributed by atoms with E-state index in [1.807, 2.05) is 61.5 Å². The number of halogens is 1. The molecule has 2 aromatic rings. The summed E-state index contributed by atoms with van der Waals surface area (Å²) in [6.07, 6.45) is 1.68. The average molecular weight is 403 g/mol. The number of carbonyl (C=O) groups excluding carboxylic acids is 1. The molecule has 0 aromatic heterocycles. The van der Waals surface area contributed by atoms with Crippen LogP contribution < -0.4 is 5.01 Å². The molecule has 110 valence electrons. The maximum absolute atomic E-state index is 12.5. The smallest absolute Gasteiger partial charge is 0.261 e. The first-order valence-corrected chi connectivity index (χ1v) is 7.97. The van der Waals surface area contributed by atoms with E-state index in [0.717, 1.165) is 20.7 Å². The van der Waals surface area contributed by atoms with Crippen molar-refractivity contribution in [2.24, 2.45) is 16.0 Å². The molecule has 0 N–H and O–H groups in total. The molecule has 0 unspecified atom stereocenters. The summed E-state index contributed by atoms with van der Waals surface area (Å²) in [7, 11) is 0. The fourth-order valence-corrected chi connectivity index (χ4v) is 2.75. The molecule has 3 rings (SSSR count). The molecule has 0 bridgehead atoms. The second-order valence-corrected chi connectivity index (χ2v) is 6.21. The van der Waals surface area contributed by atoms with E-state index in [0.29, 0.717) is 0 Å². The van der Waals surface area contributed by atoms with Gasteiger partial charge in [-0.15, -0.1) is 0 Å². The third kappa shape index (κ3) is 3.09. The zero-order valence-electron chi connectivity index (χ0n) is 12.0. The number of nitrogens with zero attached hydrogens (tertiary/aromatic N) is 3. The molecule has 4 nitrogen and oxygen atoms in total. The Hall–Kier alpha value is -2.02. The van der Waals surface area contributed by atoms with Gasteiger partial charge in [-0.1, -0.05) is 24.3 Å². The number of para-hydroxylation sites is 1. The minimum Gasteiger partial charge on any atom is -0.271 e. The van der Waals surface area contributed by atoms with Gasteiger partial charge in [0.2, 0.25) is 0 Å². The Morgan fingerprint density at radius 2 is 1.95 bits per heavy atom. The summed E-state index contributed by atoms with van der Waals surface area (Å²) < 4.78 is 1.11. The van der Waals surface area contributed by atoms with Crippen LogP contribution in [0.3, 0.4) is 0 Å². The second-order valence-electron chi connectivity index (χ2n) is 4.96. The van der Waals surface area contributed by atoms with Crippen molar-refractivity contribution in [3.63, 3.8) is 0 Å². The number of aliphatic imine (C=N–C) groups is 1. The molecule has 0 aliphatic carbocycles. The summed E-state index contributed by atoms with van der Waals surface area (Å²) in [5.41, 5.74) is 2.37. The Bertz CT molecular complexity index is 756. The van der Waals surface area contributed by atoms with Gasteiger partial charge in [0.05, 0.1) is 17.1 Å². The van der Waals surface area contributed by atoms with Crippen molar-refractivity contribution >= 4 is 51.8 Å². The third-order valence-corrected chi connectivity index (χ3v) is 4.04. The van der Waals surface area contributed by atoms with Crippen molar-refractivity contribution in [2.75, 3.05) is 5.01 Å². The topological polar surface area (TPSA) is 45.0 Å². The SMILES string of the molecule is CC1=NN(c2ccccc2)C(=O)[C@@H]1C=Nc1cccc(I)c1. The lowest BCUT2D eigenvalue weighted by Gasteiger charge is -2.12. The van der Waals surface area contributed by atoms with Gasteiger partial charge in [-0.25, -0.2) is 0 Å². The van der Waals surface area contributed by atoms with Gasteiger partial charge in [0.1, 0.15) is 5.92 Å². The Morgan fingerprint density at radius 3 is 2.68 bits per heavy atom. The van der Waals surface area contributed by atoms with E-state index < -0.39 is 5.92 Å². The molecule has 0 spiro atoms. The summed E-state index contributed by atoms with van der Waals surface area (Å²) in [6, 6.07) is 17.3. The molecular formula is C17H14IN3O. The van der Waals surface area contributed by atoms with E-state index in [1.165, 1.54) is 5.01 Å². The van der Waals surface area contributed by atoms with E-state index in [2.05, 4.69) is 32.7 Å². The number of carbonyl (C=O) groups is 1. The fourth-order valence-electron chi connectivity index (χ4n) is 2.22. The molecule has 0 saturated heterocycles. The highest BCUT2D eigenvalue weighted by molar-refractivity contribution is 14.1. The van der Waals surface area contributed by atoms with E-state index in [-0.39, 0.29) is 5.91 Å². The normalized spacial score (nSPS) is 18.1. The highest BCUT2D eigenvalue weighted by atomic mass is 127. The van der Waals surface area contributed by atoms with Crippen LogP contribution >= 0.6 is 22.6 Å². The molecule has 0 radical (unpaired) electrons. The number of amides is 1. The van der Waals surface area contributed by atoms with Gasteiger partial charge < -0.3 is 0 Å². The van der Waals surface area contributed by atoms with Crippen LogP contribution in [0.1, 0.15) is 6.92 Å². The van der Waals surface area contributed by atoms with Gasteiger partial charge >= 0.3 is 0 Å². The van der Waals surface area contributed by atoms with Crippen molar-refractivity contribution in [1.29, 1.82) is 0 Å². The second kappa shape index (κ2) is 6.39. The molecule has 1 aliphatic heterocycles. The number of hydrogen-bond donors (Lipinski definition) is 0. The molecule has 0 saturated carbocycles. The van der Waals surface area contributed by atoms with Crippen LogP contribution in [-0.2, 0) is 4.79 Å². The minimum absolute atomic E-state index is 0.0712. The zero-order valence-corrected chi connectivity index (χ0v) is 14.1. The van der Waals surface area contributed by atoms with Crippen LogP contribution in [0.2, 0.25) is 0 Å². The van der Waals surface area contributed by atoms with Crippen LogP contribution in [-0.4, -0.2) is 17.8 Å². The van der Waals surface area contributed by atoms with Crippen molar-refractivity contribution < 1.29 is 4.79 Å². The first kappa shape index (κ1) is 14.9. The lowest BCUT2D eigenvalue weighted by Crippen LogP contribution is -2.27. The van der Waals surface area contributed by atoms with Crippen molar-refractivity contribution in [2.45, 2.75) is 6.92 Å². The van der Waals surface area contributed by atoms with E-state index in [1.54, 1.807) is 6.21 Å². The van der Waals surface area contributed by atoms with Gasteiger partial charge in [0.25, 0.3) is 5.91 Å². The van der Waals surface area contributed by atoms with E-state index >= 15 is 0 Å². The van der Waals surface area contributed by atoms with Crippen LogP contribution in [0.25, 0.3) is 0 Å². The lowest BCUT2D eigenvalue weighted by molar-refractivity contribution is -0.118. The molecule has 1 aliphatic rings. The molecular weight excluding hydrogens is 389 g/mol. The Morgan fingerprint density at radius 1 is 1.18 bits per heavy atom. The van der Waals surface area contributed by atoms with E-state index in [9.17, 15) is 4.79 Å². The molecule has 1 amide bonds. The minimum atomic E-state index is -0.405. The summed E-state index contributed by atoms with van der Waals surface area (Å²) in [5, 5.41) is 5.80. The Balaban J connectivity index is 1.82. The fraction of sp³-hybridized carbons (Fsp3) is 0.118. The van der Waals surface area contributed by atoms with Crippen molar-refractivity contribution in [1.82, 2.24) is 0 Å². The molecule has 0 fully saturated rings. The summed E-state index contributed by atoms with van der Waals surface area (Å²) in [5.74, 6) is -0.476. The standard InChI is InChI=1S/C17H14IN3O/c1-12-16(11-19-14-7-5-6-13(18)10-14)17(22)21(20-12)15-8-3-2-4-9-15/h2-11,16H,1H3/t16-/m1/s1. The molecule has 22 heavy (non-hydrogen) atoms. The number of hydrazone groups is 1. The van der Waals surface area contributed by atoms with Crippen LogP contribution in [0, 0.1) is 9.49 Å². The van der Waals surface area contributed by atoms with Gasteiger partial charge in [0.15, 0.2) is 0 Å². The molecule has 5 heteroatoms. The van der Waals surface area contributed by atoms with Gasteiger partial charge in [-0.2, -0.15) is 10.1 Å². The van der Waals surface area contributed by atoms with Gasteiger partial charge in [-0.3, -0.25) is 9.79 Å². The first-order valence-electron chi connectivity index (χ1n) is 6.89. The predicted molar refractivity (Wildman–Crippen MR) is 97.8 cm³/mol. The van der Waals surface area contributed by atoms with Crippen molar-refractivity contribution in [3.8, 4) is 0 Å². The zero-order chi connectivity index (χ0) is 15.5. The quantitative estimate of drug-likeness (QED) is 0.564. The Kier molecular flexibility index (Phi) is 4.33. The number of anilines is 1. The maximum Gasteiger partial charge on any atom is 0.261 e. The monoisotopic (exact) mass is 403 g/mol. The van der Waals surface area contributed by atoms with E-state index in [4.69, 9.17) is 0 Å². The highest BCUT2D eigenvalue weighted by Crippen LogP contribution is 2.23. The number of hydrogen-bond acceptors (Lipinski definition) is 3. The van der Waals surface area contributed by atoms with Crippen LogP contribution in [0.4, 0.5) is 11.4 Å². The van der Waals surface area contributed by atoms with Crippen LogP contribution in [0.5, 0.6) is 0 Å². The maximum atomic E-state index is 12.5. The summed E-state index contributed by atoms with van der Waals surface area (Å²) in [4.78, 5) is 16.9. The summed E-state index contributed by atoms with van der Waals surface area (Å²) >= 11 is 2.24.